The zero-order valence-corrected chi connectivity index (χ0v) is 21.0. The highest BCUT2D eigenvalue weighted by Gasteiger charge is 2.15. The zero-order valence-electron chi connectivity index (χ0n) is 18.2. The van der Waals surface area contributed by atoms with Crippen molar-refractivity contribution in [3.8, 4) is 0 Å². The van der Waals surface area contributed by atoms with Crippen LogP contribution in [0.4, 0.5) is 0 Å². The SMILES string of the molecule is CC(=O)OC(CCC[SiH2]CCC[SiH2]CCCC(OC(C)=O)OC(C)=O)OC(C)=O. The van der Waals surface area contributed by atoms with Crippen molar-refractivity contribution >= 4 is 42.9 Å². The van der Waals surface area contributed by atoms with Crippen LogP contribution in [0.5, 0.6) is 0 Å². The van der Waals surface area contributed by atoms with E-state index < -0.39 is 36.5 Å². The molecule has 0 aromatic carbocycles. The van der Waals surface area contributed by atoms with Crippen LogP contribution in [0.1, 0.15) is 59.8 Å². The molecular weight excluding hydrogens is 412 g/mol. The average Bonchev–Trinajstić information content (AvgIpc) is 2.57. The molecule has 168 valence electrons. The molecule has 29 heavy (non-hydrogen) atoms. The van der Waals surface area contributed by atoms with Crippen molar-refractivity contribution in [1.82, 2.24) is 0 Å². The van der Waals surface area contributed by atoms with Gasteiger partial charge in [0, 0.05) is 59.6 Å². The third-order valence-corrected chi connectivity index (χ3v) is 8.07. The van der Waals surface area contributed by atoms with Crippen LogP contribution < -0.4 is 0 Å². The van der Waals surface area contributed by atoms with E-state index >= 15 is 0 Å². The van der Waals surface area contributed by atoms with E-state index in [1.54, 1.807) is 0 Å². The second-order valence-corrected chi connectivity index (χ2v) is 11.3. The highest BCUT2D eigenvalue weighted by molar-refractivity contribution is 6.37. The van der Waals surface area contributed by atoms with E-state index in [0.29, 0.717) is 12.8 Å². The highest BCUT2D eigenvalue weighted by Crippen LogP contribution is 2.11. The fourth-order valence-electron chi connectivity index (χ4n) is 2.88. The van der Waals surface area contributed by atoms with Gasteiger partial charge in [-0.05, 0) is 12.8 Å². The second kappa shape index (κ2) is 17.2. The van der Waals surface area contributed by atoms with Crippen LogP contribution in [0.15, 0.2) is 0 Å². The lowest BCUT2D eigenvalue weighted by Crippen LogP contribution is -2.22. The van der Waals surface area contributed by atoms with Gasteiger partial charge in [0.25, 0.3) is 0 Å². The smallest absolute Gasteiger partial charge is 0.305 e. The fraction of sp³-hybridized carbons (Fsp3) is 0.789. The van der Waals surface area contributed by atoms with E-state index in [0.717, 1.165) is 24.9 Å². The molecule has 0 aliphatic carbocycles. The minimum atomic E-state index is -0.755. The first kappa shape index (κ1) is 27.3. The molecule has 0 saturated carbocycles. The zero-order chi connectivity index (χ0) is 22.1. The van der Waals surface area contributed by atoms with Gasteiger partial charge >= 0.3 is 23.9 Å². The predicted octanol–water partition coefficient (Wildman–Crippen LogP) is 1.85. The van der Waals surface area contributed by atoms with Crippen molar-refractivity contribution in [3.05, 3.63) is 0 Å². The Labute approximate surface area is 178 Å². The minimum absolute atomic E-state index is 0.138. The first-order chi connectivity index (χ1) is 13.7. The largest absolute Gasteiger partial charge is 0.425 e. The standard InChI is InChI=1S/C19H36O8Si2/c1-14(20)24-18(25-15(2)21)8-5-10-28-12-7-13-29-11-6-9-19(26-16(3)22)27-17(4)23/h18-19H,5-13,28-29H2,1-4H3. The summed E-state index contributed by atoms with van der Waals surface area (Å²) in [5.41, 5.74) is 0. The molecule has 0 radical (unpaired) electrons. The van der Waals surface area contributed by atoms with Crippen LogP contribution in [0, 0.1) is 0 Å². The molecule has 0 amide bonds. The van der Waals surface area contributed by atoms with E-state index in [9.17, 15) is 19.2 Å². The van der Waals surface area contributed by atoms with Crippen LogP contribution in [0.3, 0.4) is 0 Å². The van der Waals surface area contributed by atoms with Gasteiger partial charge in [0.1, 0.15) is 0 Å². The third kappa shape index (κ3) is 19.4. The van der Waals surface area contributed by atoms with Gasteiger partial charge in [-0.1, -0.05) is 30.6 Å². The summed E-state index contributed by atoms with van der Waals surface area (Å²) in [7, 11) is -0.275. The summed E-state index contributed by atoms with van der Waals surface area (Å²) < 4.78 is 19.9. The lowest BCUT2D eigenvalue weighted by atomic mass is 10.3. The molecule has 8 nitrogen and oxygen atoms in total. The number of carbonyl (C=O) groups is 4. The Morgan fingerprint density at radius 1 is 0.552 bits per heavy atom. The van der Waals surface area contributed by atoms with Crippen LogP contribution in [-0.4, -0.2) is 55.5 Å². The van der Waals surface area contributed by atoms with E-state index in [4.69, 9.17) is 18.9 Å². The van der Waals surface area contributed by atoms with Crippen molar-refractivity contribution in [1.29, 1.82) is 0 Å². The van der Waals surface area contributed by atoms with Gasteiger partial charge in [-0.15, -0.1) is 0 Å². The first-order valence-electron chi connectivity index (χ1n) is 10.4. The molecule has 0 aliphatic rings. The molecule has 0 aromatic heterocycles. The number of hydrogen-bond donors (Lipinski definition) is 0. The molecule has 0 spiro atoms. The summed E-state index contributed by atoms with van der Waals surface area (Å²) in [5.74, 6) is -1.76. The number of esters is 4. The molecule has 0 aliphatic heterocycles. The first-order valence-corrected chi connectivity index (χ1v) is 14.4. The van der Waals surface area contributed by atoms with Crippen LogP contribution in [0.25, 0.3) is 0 Å². The second-order valence-electron chi connectivity index (χ2n) is 7.06. The monoisotopic (exact) mass is 448 g/mol. The molecule has 0 unspecified atom stereocenters. The Balaban J connectivity index is 3.67. The quantitative estimate of drug-likeness (QED) is 0.152. The summed E-state index contributed by atoms with van der Waals surface area (Å²) in [6.07, 6.45) is 2.68. The van der Waals surface area contributed by atoms with Gasteiger partial charge in [-0.2, -0.15) is 0 Å². The van der Waals surface area contributed by atoms with E-state index in [2.05, 4.69) is 0 Å². The molecule has 0 N–H and O–H groups in total. The molecule has 0 rings (SSSR count). The maximum atomic E-state index is 11.0. The van der Waals surface area contributed by atoms with E-state index in [-0.39, 0.29) is 19.0 Å². The Morgan fingerprint density at radius 3 is 1.10 bits per heavy atom. The number of carbonyl (C=O) groups excluding carboxylic acids is 4. The van der Waals surface area contributed by atoms with Crippen molar-refractivity contribution in [3.63, 3.8) is 0 Å². The summed E-state index contributed by atoms with van der Waals surface area (Å²) >= 11 is 0. The van der Waals surface area contributed by atoms with Gasteiger partial charge in [0.05, 0.1) is 0 Å². The fourth-order valence-corrected chi connectivity index (χ4v) is 7.00. The van der Waals surface area contributed by atoms with Crippen molar-refractivity contribution in [2.75, 3.05) is 0 Å². The van der Waals surface area contributed by atoms with Crippen molar-refractivity contribution in [2.45, 2.75) is 96.6 Å². The Hall–Kier alpha value is -1.69. The molecule has 0 saturated heterocycles. The summed E-state index contributed by atoms with van der Waals surface area (Å²) in [5, 5.41) is 0. The number of ether oxygens (including phenoxy) is 4. The lowest BCUT2D eigenvalue weighted by molar-refractivity contribution is -0.187. The van der Waals surface area contributed by atoms with Gasteiger partial charge in [0.15, 0.2) is 0 Å². The topological polar surface area (TPSA) is 105 Å². The maximum Gasteiger partial charge on any atom is 0.305 e. The molecular formula is C19H36O8Si2. The average molecular weight is 449 g/mol. The number of rotatable bonds is 16. The molecule has 0 fully saturated rings. The van der Waals surface area contributed by atoms with Gasteiger partial charge < -0.3 is 18.9 Å². The summed E-state index contributed by atoms with van der Waals surface area (Å²) in [4.78, 5) is 44.0. The number of hydrogen-bond acceptors (Lipinski definition) is 8. The summed E-state index contributed by atoms with van der Waals surface area (Å²) in [6, 6.07) is 4.88. The highest BCUT2D eigenvalue weighted by atomic mass is 28.2. The Morgan fingerprint density at radius 2 is 0.828 bits per heavy atom. The van der Waals surface area contributed by atoms with E-state index in [1.807, 2.05) is 0 Å². The van der Waals surface area contributed by atoms with Gasteiger partial charge in [0.2, 0.25) is 12.6 Å². The molecule has 10 heteroatoms. The van der Waals surface area contributed by atoms with Crippen LogP contribution in [-0.2, 0) is 38.1 Å². The van der Waals surface area contributed by atoms with Crippen molar-refractivity contribution in [2.24, 2.45) is 0 Å². The van der Waals surface area contributed by atoms with Crippen LogP contribution in [0.2, 0.25) is 24.2 Å². The van der Waals surface area contributed by atoms with Crippen molar-refractivity contribution < 1.29 is 38.1 Å². The van der Waals surface area contributed by atoms with Gasteiger partial charge in [-0.3, -0.25) is 19.2 Å². The molecule has 0 bridgehead atoms. The normalized spacial score (nSPS) is 11.5. The predicted molar refractivity (Wildman–Crippen MR) is 114 cm³/mol. The van der Waals surface area contributed by atoms with E-state index in [1.165, 1.54) is 46.2 Å². The van der Waals surface area contributed by atoms with Gasteiger partial charge in [-0.25, -0.2) is 0 Å². The summed E-state index contributed by atoms with van der Waals surface area (Å²) in [6.45, 7) is 5.23. The molecule has 0 atom stereocenters. The Kier molecular flexibility index (Phi) is 16.2. The molecule has 0 aromatic rings. The molecule has 0 heterocycles. The van der Waals surface area contributed by atoms with Crippen LogP contribution >= 0.6 is 0 Å². The Bertz CT molecular complexity index is 436. The maximum absolute atomic E-state index is 11.0. The lowest BCUT2D eigenvalue weighted by Gasteiger charge is -2.16. The third-order valence-electron chi connectivity index (χ3n) is 4.07. The minimum Gasteiger partial charge on any atom is -0.425 e.